The summed E-state index contributed by atoms with van der Waals surface area (Å²) in [5.74, 6) is 0. The number of nitrogens with zero attached hydrogens (tertiary/aromatic N) is 2. The van der Waals surface area contributed by atoms with Crippen LogP contribution in [-0.2, 0) is 0 Å². The smallest absolute Gasteiger partial charge is 0.187 e. The molecule has 1 fully saturated rings. The van der Waals surface area contributed by atoms with Gasteiger partial charge in [-0.3, -0.25) is 5.43 Å². The Morgan fingerprint density at radius 1 is 1.12 bits per heavy atom. The molecule has 0 aliphatic heterocycles. The van der Waals surface area contributed by atoms with Crippen molar-refractivity contribution in [3.05, 3.63) is 52.8 Å². The largest absolute Gasteiger partial charge is 0.359 e. The minimum atomic E-state index is 0.491. The van der Waals surface area contributed by atoms with E-state index in [0.29, 0.717) is 11.2 Å². The van der Waals surface area contributed by atoms with E-state index in [9.17, 15) is 0 Å². The maximum Gasteiger partial charge on any atom is 0.187 e. The van der Waals surface area contributed by atoms with Crippen LogP contribution in [0.5, 0.6) is 0 Å². The van der Waals surface area contributed by atoms with E-state index in [1.807, 2.05) is 6.21 Å². The quantitative estimate of drug-likeness (QED) is 0.473. The molecule has 1 aromatic heterocycles. The zero-order chi connectivity index (χ0) is 18.5. The van der Waals surface area contributed by atoms with Crippen molar-refractivity contribution in [2.75, 3.05) is 0 Å². The summed E-state index contributed by atoms with van der Waals surface area (Å²) in [5, 5.41) is 8.32. The fourth-order valence-electron chi connectivity index (χ4n) is 3.63. The van der Waals surface area contributed by atoms with E-state index in [-0.39, 0.29) is 0 Å². The molecule has 0 bridgehead atoms. The molecule has 1 aliphatic carbocycles. The van der Waals surface area contributed by atoms with Crippen LogP contribution >= 0.6 is 12.2 Å². The van der Waals surface area contributed by atoms with Crippen molar-refractivity contribution in [1.29, 1.82) is 0 Å². The van der Waals surface area contributed by atoms with Crippen LogP contribution in [0.1, 0.15) is 54.6 Å². The standard InChI is InChI=1S/C21H28N4S/c1-15-9-11-20(12-10-15)25-16(2)13-18(17(25)3)14-22-24-21(26)23-19-7-5-4-6-8-19/h9-14,19H,4-8H2,1-3H3,(H2,23,24,26)/b22-14-. The number of aromatic nitrogens is 1. The molecule has 0 saturated heterocycles. The van der Waals surface area contributed by atoms with Crippen LogP contribution in [0.2, 0.25) is 0 Å². The van der Waals surface area contributed by atoms with Crippen molar-refractivity contribution in [2.24, 2.45) is 5.10 Å². The SMILES string of the molecule is Cc1ccc(-n2c(C)cc(/C=N\NC(=S)NC3CCCCC3)c2C)cc1. The molecule has 1 heterocycles. The molecule has 3 rings (SSSR count). The fourth-order valence-corrected chi connectivity index (χ4v) is 3.85. The highest BCUT2D eigenvalue weighted by molar-refractivity contribution is 7.80. The third kappa shape index (κ3) is 4.52. The van der Waals surface area contributed by atoms with Crippen molar-refractivity contribution < 1.29 is 0 Å². The van der Waals surface area contributed by atoms with Crippen LogP contribution in [-0.4, -0.2) is 21.9 Å². The predicted molar refractivity (Wildman–Crippen MR) is 113 cm³/mol. The highest BCUT2D eigenvalue weighted by atomic mass is 32.1. The maximum absolute atomic E-state index is 5.36. The monoisotopic (exact) mass is 368 g/mol. The minimum Gasteiger partial charge on any atom is -0.359 e. The molecular weight excluding hydrogens is 340 g/mol. The minimum absolute atomic E-state index is 0.491. The van der Waals surface area contributed by atoms with Gasteiger partial charge in [-0.05, 0) is 64.0 Å². The number of hydrazone groups is 1. The lowest BCUT2D eigenvalue weighted by Crippen LogP contribution is -2.40. The number of hydrogen-bond donors (Lipinski definition) is 2. The van der Waals surface area contributed by atoms with E-state index in [0.717, 1.165) is 5.56 Å². The van der Waals surface area contributed by atoms with Gasteiger partial charge in [0.05, 0.1) is 6.21 Å². The molecule has 0 radical (unpaired) electrons. The third-order valence-corrected chi connectivity index (χ3v) is 5.28. The van der Waals surface area contributed by atoms with E-state index < -0.39 is 0 Å². The van der Waals surface area contributed by atoms with Gasteiger partial charge in [0.2, 0.25) is 0 Å². The van der Waals surface area contributed by atoms with E-state index in [1.165, 1.54) is 54.7 Å². The number of benzene rings is 1. The van der Waals surface area contributed by atoms with E-state index in [1.54, 1.807) is 0 Å². The first-order valence-corrected chi connectivity index (χ1v) is 9.81. The Labute approximate surface area is 161 Å². The van der Waals surface area contributed by atoms with Gasteiger partial charge in [0.1, 0.15) is 0 Å². The van der Waals surface area contributed by atoms with Gasteiger partial charge in [0.15, 0.2) is 5.11 Å². The van der Waals surface area contributed by atoms with Crippen LogP contribution < -0.4 is 10.7 Å². The summed E-state index contributed by atoms with van der Waals surface area (Å²) in [5.41, 5.74) is 8.85. The van der Waals surface area contributed by atoms with Crippen LogP contribution in [0.15, 0.2) is 35.4 Å². The Morgan fingerprint density at radius 2 is 1.81 bits per heavy atom. The topological polar surface area (TPSA) is 41.4 Å². The molecule has 1 saturated carbocycles. The molecule has 138 valence electrons. The number of rotatable bonds is 4. The van der Waals surface area contributed by atoms with Crippen LogP contribution in [0, 0.1) is 20.8 Å². The first-order chi connectivity index (χ1) is 12.5. The third-order valence-electron chi connectivity index (χ3n) is 5.07. The zero-order valence-electron chi connectivity index (χ0n) is 15.9. The number of hydrogen-bond acceptors (Lipinski definition) is 2. The highest BCUT2D eigenvalue weighted by Gasteiger charge is 2.13. The molecule has 1 aliphatic rings. The van der Waals surface area contributed by atoms with Crippen molar-refractivity contribution in [3.63, 3.8) is 0 Å². The number of aryl methyl sites for hydroxylation is 2. The molecule has 4 nitrogen and oxygen atoms in total. The molecule has 0 spiro atoms. The maximum atomic E-state index is 5.36. The highest BCUT2D eigenvalue weighted by Crippen LogP contribution is 2.20. The van der Waals surface area contributed by atoms with E-state index in [4.69, 9.17) is 12.2 Å². The lowest BCUT2D eigenvalue weighted by molar-refractivity contribution is 0.412. The molecule has 26 heavy (non-hydrogen) atoms. The molecule has 0 amide bonds. The van der Waals surface area contributed by atoms with Gasteiger partial charge >= 0.3 is 0 Å². The first-order valence-electron chi connectivity index (χ1n) is 9.40. The summed E-state index contributed by atoms with van der Waals surface area (Å²) < 4.78 is 2.25. The Hall–Kier alpha value is -2.14. The summed E-state index contributed by atoms with van der Waals surface area (Å²) in [7, 11) is 0. The molecule has 1 aromatic carbocycles. The van der Waals surface area contributed by atoms with Gasteiger partial charge in [0, 0.05) is 28.7 Å². The van der Waals surface area contributed by atoms with Crippen LogP contribution in [0.3, 0.4) is 0 Å². The summed E-state index contributed by atoms with van der Waals surface area (Å²) in [6.07, 6.45) is 8.16. The average molecular weight is 369 g/mol. The lowest BCUT2D eigenvalue weighted by Gasteiger charge is -2.23. The Balaban J connectivity index is 1.64. The van der Waals surface area contributed by atoms with Crippen molar-refractivity contribution in [3.8, 4) is 5.69 Å². The lowest BCUT2D eigenvalue weighted by atomic mass is 9.96. The van der Waals surface area contributed by atoms with Gasteiger partial charge in [-0.2, -0.15) is 5.10 Å². The predicted octanol–water partition coefficient (Wildman–Crippen LogP) is 4.53. The molecule has 0 unspecified atom stereocenters. The van der Waals surface area contributed by atoms with Gasteiger partial charge in [-0.25, -0.2) is 0 Å². The molecule has 5 heteroatoms. The van der Waals surface area contributed by atoms with Crippen LogP contribution in [0.4, 0.5) is 0 Å². The van der Waals surface area contributed by atoms with Gasteiger partial charge in [-0.15, -0.1) is 0 Å². The average Bonchev–Trinajstić information content (AvgIpc) is 2.90. The second kappa shape index (κ2) is 8.49. The number of thiocarbonyl (C=S) groups is 1. The Bertz CT molecular complexity index is 783. The van der Waals surface area contributed by atoms with E-state index in [2.05, 4.69) is 71.5 Å². The Kier molecular flexibility index (Phi) is 6.09. The van der Waals surface area contributed by atoms with Crippen LogP contribution in [0.25, 0.3) is 5.69 Å². The van der Waals surface area contributed by atoms with Crippen molar-refractivity contribution >= 4 is 23.5 Å². The van der Waals surface area contributed by atoms with E-state index >= 15 is 0 Å². The summed E-state index contributed by atoms with van der Waals surface area (Å²) in [6, 6.07) is 11.2. The van der Waals surface area contributed by atoms with Gasteiger partial charge < -0.3 is 9.88 Å². The normalized spacial score (nSPS) is 15.3. The Morgan fingerprint density at radius 3 is 2.50 bits per heavy atom. The summed E-state index contributed by atoms with van der Waals surface area (Å²) in [6.45, 7) is 6.34. The summed E-state index contributed by atoms with van der Waals surface area (Å²) >= 11 is 5.36. The number of nitrogens with one attached hydrogen (secondary N) is 2. The molecular formula is C21H28N4S. The fraction of sp³-hybridized carbons (Fsp3) is 0.429. The second-order valence-corrected chi connectivity index (χ2v) is 7.58. The van der Waals surface area contributed by atoms with Crippen molar-refractivity contribution in [2.45, 2.75) is 58.9 Å². The first kappa shape index (κ1) is 18.6. The second-order valence-electron chi connectivity index (χ2n) is 7.18. The molecule has 2 N–H and O–H groups in total. The zero-order valence-corrected chi connectivity index (χ0v) is 16.7. The van der Waals surface area contributed by atoms with Crippen molar-refractivity contribution in [1.82, 2.24) is 15.3 Å². The molecule has 2 aromatic rings. The molecule has 0 atom stereocenters. The van der Waals surface area contributed by atoms with Gasteiger partial charge in [0.25, 0.3) is 0 Å². The summed E-state index contributed by atoms with van der Waals surface area (Å²) in [4.78, 5) is 0. The van der Waals surface area contributed by atoms with Gasteiger partial charge in [-0.1, -0.05) is 37.0 Å².